The molecule has 26 heavy (non-hydrogen) atoms. The lowest BCUT2D eigenvalue weighted by Crippen LogP contribution is -2.36. The minimum atomic E-state index is -1.62. The molecule has 1 saturated heterocycles. The molecule has 0 unspecified atom stereocenters. The van der Waals surface area contributed by atoms with Gasteiger partial charge in [0, 0.05) is 48.5 Å². The first-order valence-electron chi connectivity index (χ1n) is 7.79. The Kier molecular flexibility index (Phi) is 5.50. The van der Waals surface area contributed by atoms with Crippen molar-refractivity contribution in [1.82, 2.24) is 9.78 Å². The van der Waals surface area contributed by atoms with E-state index in [1.54, 1.807) is 6.07 Å². The first-order valence-corrected chi connectivity index (χ1v) is 8.95. The Hall–Kier alpha value is -2.49. The summed E-state index contributed by atoms with van der Waals surface area (Å²) in [6.45, 7) is 1.14. The van der Waals surface area contributed by atoms with Crippen molar-refractivity contribution < 1.29 is 18.0 Å². The smallest absolute Gasteiger partial charge is 0.267 e. The Bertz CT molecular complexity index is 861. The zero-order valence-corrected chi connectivity index (χ0v) is 14.4. The Morgan fingerprint density at radius 3 is 2.46 bits per heavy atom. The van der Waals surface area contributed by atoms with E-state index in [0.29, 0.717) is 18.0 Å². The Morgan fingerprint density at radius 1 is 1.15 bits per heavy atom. The number of anilines is 2. The number of carbonyl (C=O) groups excluding carboxylic acids is 1. The van der Waals surface area contributed by atoms with Gasteiger partial charge in [0.15, 0.2) is 17.5 Å². The number of rotatable bonds is 4. The number of nitrogens with zero attached hydrogens (tertiary/aromatic N) is 3. The molecule has 0 saturated carbocycles. The van der Waals surface area contributed by atoms with Crippen molar-refractivity contribution in [2.45, 2.75) is 6.54 Å². The molecule has 0 spiro atoms. The van der Waals surface area contributed by atoms with Gasteiger partial charge in [-0.2, -0.15) is 16.9 Å². The predicted molar refractivity (Wildman–Crippen MR) is 93.0 cm³/mol. The van der Waals surface area contributed by atoms with E-state index < -0.39 is 35.5 Å². The van der Waals surface area contributed by atoms with Gasteiger partial charge >= 0.3 is 0 Å². The van der Waals surface area contributed by atoms with E-state index >= 15 is 0 Å². The maximum absolute atomic E-state index is 13.2. The van der Waals surface area contributed by atoms with Gasteiger partial charge in [-0.25, -0.2) is 17.9 Å². The zero-order valence-electron chi connectivity index (χ0n) is 13.5. The summed E-state index contributed by atoms with van der Waals surface area (Å²) in [6.07, 6.45) is 0. The number of aromatic nitrogens is 2. The number of halogens is 3. The Balaban J connectivity index is 1.73. The maximum atomic E-state index is 13.2. The van der Waals surface area contributed by atoms with Crippen molar-refractivity contribution in [1.29, 1.82) is 0 Å². The first-order chi connectivity index (χ1) is 12.4. The lowest BCUT2D eigenvalue weighted by molar-refractivity contribution is -0.117. The fraction of sp³-hybridized carbons (Fsp3) is 0.312. The minimum absolute atomic E-state index is 0.247. The van der Waals surface area contributed by atoms with Crippen LogP contribution in [0.2, 0.25) is 0 Å². The van der Waals surface area contributed by atoms with Gasteiger partial charge in [0.1, 0.15) is 12.4 Å². The molecular weight excluding hydrogens is 369 g/mol. The van der Waals surface area contributed by atoms with Crippen LogP contribution >= 0.6 is 11.8 Å². The molecule has 0 aliphatic carbocycles. The first kappa shape index (κ1) is 18.3. The zero-order chi connectivity index (χ0) is 18.7. The van der Waals surface area contributed by atoms with E-state index in [4.69, 9.17) is 0 Å². The van der Waals surface area contributed by atoms with Crippen molar-refractivity contribution in [3.8, 4) is 0 Å². The SMILES string of the molecule is O=C(Cn1nc(N2CCSCC2)ccc1=O)Nc1cc(F)c(F)c(F)c1. The van der Waals surface area contributed by atoms with Crippen molar-refractivity contribution in [2.24, 2.45) is 0 Å². The average Bonchev–Trinajstić information content (AvgIpc) is 2.62. The second-order valence-corrected chi connectivity index (χ2v) is 6.81. The monoisotopic (exact) mass is 384 g/mol. The number of hydrogen-bond donors (Lipinski definition) is 1. The molecule has 1 N–H and O–H groups in total. The van der Waals surface area contributed by atoms with Crippen LogP contribution in [-0.4, -0.2) is 40.3 Å². The van der Waals surface area contributed by atoms with E-state index in [9.17, 15) is 22.8 Å². The van der Waals surface area contributed by atoms with E-state index in [1.165, 1.54) is 6.07 Å². The van der Waals surface area contributed by atoms with Crippen LogP contribution in [0.4, 0.5) is 24.7 Å². The molecule has 1 aliphatic heterocycles. The molecule has 2 aromatic rings. The van der Waals surface area contributed by atoms with Gasteiger partial charge in [-0.05, 0) is 6.07 Å². The number of amides is 1. The quantitative estimate of drug-likeness (QED) is 0.815. The summed E-state index contributed by atoms with van der Waals surface area (Å²) in [7, 11) is 0. The third-order valence-corrected chi connectivity index (χ3v) is 4.69. The molecule has 138 valence electrons. The van der Waals surface area contributed by atoms with Gasteiger partial charge in [0.25, 0.3) is 5.56 Å². The summed E-state index contributed by atoms with van der Waals surface area (Å²) in [5.41, 5.74) is -0.726. The maximum Gasteiger partial charge on any atom is 0.267 e. The van der Waals surface area contributed by atoms with Gasteiger partial charge < -0.3 is 10.2 Å². The standard InChI is InChI=1S/C16H15F3N4O2S/c17-11-7-10(8-12(18)16(11)19)20-14(24)9-23-15(25)2-1-13(21-23)22-3-5-26-6-4-22/h1-2,7-8H,3-6,9H2,(H,20,24). The summed E-state index contributed by atoms with van der Waals surface area (Å²) in [5, 5.41) is 6.40. The Morgan fingerprint density at radius 2 is 1.81 bits per heavy atom. The summed E-state index contributed by atoms with van der Waals surface area (Å²) in [5.74, 6) is -2.69. The van der Waals surface area contributed by atoms with Crippen molar-refractivity contribution in [3.63, 3.8) is 0 Å². The van der Waals surface area contributed by atoms with Gasteiger partial charge in [0.05, 0.1) is 0 Å². The third-order valence-electron chi connectivity index (χ3n) is 3.75. The van der Waals surface area contributed by atoms with Crippen LogP contribution in [0.1, 0.15) is 0 Å². The average molecular weight is 384 g/mol. The number of thioether (sulfide) groups is 1. The number of nitrogens with one attached hydrogen (secondary N) is 1. The van der Waals surface area contributed by atoms with Crippen LogP contribution < -0.4 is 15.8 Å². The molecule has 1 amide bonds. The molecule has 10 heteroatoms. The molecule has 1 aromatic heterocycles. The highest BCUT2D eigenvalue weighted by molar-refractivity contribution is 7.99. The molecule has 2 heterocycles. The van der Waals surface area contributed by atoms with Crippen molar-refractivity contribution >= 4 is 29.2 Å². The number of benzene rings is 1. The Labute approximate surface area is 151 Å². The summed E-state index contributed by atoms with van der Waals surface area (Å²) in [4.78, 5) is 26.0. The lowest BCUT2D eigenvalue weighted by Gasteiger charge is -2.27. The largest absolute Gasteiger partial charge is 0.354 e. The summed E-state index contributed by atoms with van der Waals surface area (Å²) < 4.78 is 40.3. The highest BCUT2D eigenvalue weighted by Gasteiger charge is 2.16. The minimum Gasteiger partial charge on any atom is -0.354 e. The van der Waals surface area contributed by atoms with Crippen LogP contribution in [-0.2, 0) is 11.3 Å². The molecule has 6 nitrogen and oxygen atoms in total. The molecule has 1 fully saturated rings. The van der Waals surface area contributed by atoms with Gasteiger partial charge in [-0.3, -0.25) is 9.59 Å². The molecule has 0 bridgehead atoms. The number of carbonyl (C=O) groups is 1. The molecule has 0 atom stereocenters. The highest BCUT2D eigenvalue weighted by Crippen LogP contribution is 2.18. The molecule has 3 rings (SSSR count). The van der Waals surface area contributed by atoms with Gasteiger partial charge in [-0.1, -0.05) is 0 Å². The molecule has 1 aliphatic rings. The number of hydrogen-bond acceptors (Lipinski definition) is 5. The molecule has 0 radical (unpaired) electrons. The second-order valence-electron chi connectivity index (χ2n) is 5.59. The van der Waals surface area contributed by atoms with Gasteiger partial charge in [0.2, 0.25) is 5.91 Å². The van der Waals surface area contributed by atoms with Crippen LogP contribution in [0.5, 0.6) is 0 Å². The van der Waals surface area contributed by atoms with Crippen LogP contribution in [0, 0.1) is 17.5 Å². The topological polar surface area (TPSA) is 67.2 Å². The lowest BCUT2D eigenvalue weighted by atomic mass is 10.3. The fourth-order valence-corrected chi connectivity index (χ4v) is 3.38. The normalized spacial score (nSPS) is 14.3. The highest BCUT2D eigenvalue weighted by atomic mass is 32.2. The summed E-state index contributed by atoms with van der Waals surface area (Å²) >= 11 is 1.83. The van der Waals surface area contributed by atoms with Crippen molar-refractivity contribution in [2.75, 3.05) is 34.8 Å². The second kappa shape index (κ2) is 7.81. The molecular formula is C16H15F3N4O2S. The van der Waals surface area contributed by atoms with Crippen LogP contribution in [0.25, 0.3) is 0 Å². The van der Waals surface area contributed by atoms with Crippen LogP contribution in [0.15, 0.2) is 29.1 Å². The third kappa shape index (κ3) is 4.18. The van der Waals surface area contributed by atoms with E-state index in [2.05, 4.69) is 10.4 Å². The van der Waals surface area contributed by atoms with E-state index in [0.717, 1.165) is 29.3 Å². The molecule has 1 aromatic carbocycles. The van der Waals surface area contributed by atoms with E-state index in [-0.39, 0.29) is 5.69 Å². The van der Waals surface area contributed by atoms with E-state index in [1.807, 2.05) is 16.7 Å². The van der Waals surface area contributed by atoms with Crippen molar-refractivity contribution in [3.05, 3.63) is 52.1 Å². The summed E-state index contributed by atoms with van der Waals surface area (Å²) in [6, 6.07) is 4.23. The predicted octanol–water partition coefficient (Wildman–Crippen LogP) is 1.85. The van der Waals surface area contributed by atoms with Gasteiger partial charge in [-0.15, -0.1) is 0 Å². The fourth-order valence-electron chi connectivity index (χ4n) is 2.48. The van der Waals surface area contributed by atoms with Crippen LogP contribution in [0.3, 0.4) is 0 Å².